The molecule has 0 bridgehead atoms. The Kier molecular flexibility index (Phi) is 2.88. The number of nitrogen functional groups attached to an aromatic ring is 1. The average molecular weight is 197 g/mol. The van der Waals surface area contributed by atoms with Crippen LogP contribution in [0, 0.1) is 10.1 Å². The van der Waals surface area contributed by atoms with Gasteiger partial charge in [-0.3, -0.25) is 10.1 Å². The highest BCUT2D eigenvalue weighted by Gasteiger charge is 2.08. The van der Waals surface area contributed by atoms with Crippen LogP contribution in [0.5, 0.6) is 0 Å². The summed E-state index contributed by atoms with van der Waals surface area (Å²) in [5.41, 5.74) is 6.17. The molecule has 1 aromatic carbocycles. The van der Waals surface area contributed by atoms with Crippen molar-refractivity contribution in [1.82, 2.24) is 0 Å². The van der Waals surface area contributed by atoms with Crippen LogP contribution < -0.4 is 11.1 Å². The number of anilines is 2. The van der Waals surface area contributed by atoms with E-state index < -0.39 is 11.2 Å². The van der Waals surface area contributed by atoms with Crippen molar-refractivity contribution in [1.29, 1.82) is 0 Å². The van der Waals surface area contributed by atoms with E-state index in [9.17, 15) is 10.1 Å². The number of nitro benzene ring substituents is 1. The van der Waals surface area contributed by atoms with Crippen LogP contribution in [-0.4, -0.2) is 16.3 Å². The summed E-state index contributed by atoms with van der Waals surface area (Å²) in [5, 5.41) is 22.0. The number of hydrogen-bond donors (Lipinski definition) is 3. The van der Waals surface area contributed by atoms with Gasteiger partial charge in [-0.25, -0.2) is 0 Å². The molecule has 0 saturated carbocycles. The Morgan fingerprint density at radius 2 is 2.29 bits per heavy atom. The molecule has 0 aliphatic carbocycles. The maximum Gasteiger partial charge on any atom is 0.271 e. The van der Waals surface area contributed by atoms with Gasteiger partial charge >= 0.3 is 0 Å². The van der Waals surface area contributed by atoms with Crippen molar-refractivity contribution >= 4 is 17.1 Å². The summed E-state index contributed by atoms with van der Waals surface area (Å²) in [5.74, 6) is 0. The standard InChI is InChI=1S/C8H11N3O3/c1-5(12)10-8-3-2-6(11(13)14)4-7(8)9/h2-5,10,12H,9H2,1H3. The molecule has 0 aliphatic rings. The van der Waals surface area contributed by atoms with Gasteiger partial charge in [0.15, 0.2) is 0 Å². The van der Waals surface area contributed by atoms with Crippen molar-refractivity contribution in [2.45, 2.75) is 13.2 Å². The van der Waals surface area contributed by atoms with Crippen molar-refractivity contribution in [3.63, 3.8) is 0 Å². The van der Waals surface area contributed by atoms with E-state index in [1.165, 1.54) is 25.1 Å². The zero-order chi connectivity index (χ0) is 10.7. The first-order valence-corrected chi connectivity index (χ1v) is 3.99. The fraction of sp³-hybridized carbons (Fsp3) is 0.250. The molecule has 76 valence electrons. The smallest absolute Gasteiger partial charge is 0.271 e. The topological polar surface area (TPSA) is 101 Å². The number of rotatable bonds is 3. The Balaban J connectivity index is 2.95. The van der Waals surface area contributed by atoms with Crippen LogP contribution in [-0.2, 0) is 0 Å². The Morgan fingerprint density at radius 1 is 1.64 bits per heavy atom. The van der Waals surface area contributed by atoms with Crippen LogP contribution in [0.1, 0.15) is 6.92 Å². The number of hydrogen-bond acceptors (Lipinski definition) is 5. The van der Waals surface area contributed by atoms with E-state index in [1.54, 1.807) is 0 Å². The zero-order valence-electron chi connectivity index (χ0n) is 7.60. The molecule has 1 rings (SSSR count). The summed E-state index contributed by atoms with van der Waals surface area (Å²) >= 11 is 0. The Morgan fingerprint density at radius 3 is 2.71 bits per heavy atom. The summed E-state index contributed by atoms with van der Waals surface area (Å²) < 4.78 is 0. The number of nitrogens with zero attached hydrogens (tertiary/aromatic N) is 1. The van der Waals surface area contributed by atoms with Crippen LogP contribution in [0.3, 0.4) is 0 Å². The molecule has 1 atom stereocenters. The fourth-order valence-corrected chi connectivity index (χ4v) is 1.02. The second-order valence-corrected chi connectivity index (χ2v) is 2.85. The number of nitro groups is 1. The SMILES string of the molecule is CC(O)Nc1ccc([N+](=O)[O-])cc1N. The monoisotopic (exact) mass is 197 g/mol. The molecule has 6 nitrogen and oxygen atoms in total. The molecule has 1 unspecified atom stereocenters. The maximum atomic E-state index is 10.4. The molecule has 0 amide bonds. The van der Waals surface area contributed by atoms with Crippen molar-refractivity contribution < 1.29 is 10.0 Å². The summed E-state index contributed by atoms with van der Waals surface area (Å²) in [7, 11) is 0. The zero-order valence-corrected chi connectivity index (χ0v) is 7.60. The summed E-state index contributed by atoms with van der Waals surface area (Å²) in [6, 6.07) is 4.02. The Hall–Kier alpha value is -1.82. The molecule has 0 aromatic heterocycles. The highest BCUT2D eigenvalue weighted by Crippen LogP contribution is 2.24. The van der Waals surface area contributed by atoms with Crippen molar-refractivity contribution in [3.8, 4) is 0 Å². The van der Waals surface area contributed by atoms with Crippen LogP contribution in [0.15, 0.2) is 18.2 Å². The lowest BCUT2D eigenvalue weighted by atomic mass is 10.2. The second kappa shape index (κ2) is 3.93. The summed E-state index contributed by atoms with van der Waals surface area (Å²) in [6.45, 7) is 1.53. The molecule has 0 fully saturated rings. The van der Waals surface area contributed by atoms with Crippen molar-refractivity contribution in [2.24, 2.45) is 0 Å². The second-order valence-electron chi connectivity index (χ2n) is 2.85. The molecule has 6 heteroatoms. The molecule has 0 saturated heterocycles. The minimum absolute atomic E-state index is 0.0707. The van der Waals surface area contributed by atoms with Gasteiger partial charge in [0.1, 0.15) is 6.23 Å². The van der Waals surface area contributed by atoms with E-state index in [2.05, 4.69) is 5.32 Å². The van der Waals surface area contributed by atoms with Crippen molar-refractivity contribution in [2.75, 3.05) is 11.1 Å². The van der Waals surface area contributed by atoms with Gasteiger partial charge in [0.05, 0.1) is 16.3 Å². The molecular formula is C8H11N3O3. The van der Waals surface area contributed by atoms with E-state index in [0.717, 1.165) is 0 Å². The first-order chi connectivity index (χ1) is 6.50. The number of nitrogens with two attached hydrogens (primary N) is 1. The van der Waals surface area contributed by atoms with E-state index in [-0.39, 0.29) is 11.4 Å². The lowest BCUT2D eigenvalue weighted by Gasteiger charge is -2.10. The van der Waals surface area contributed by atoms with E-state index >= 15 is 0 Å². The molecule has 14 heavy (non-hydrogen) atoms. The largest absolute Gasteiger partial charge is 0.397 e. The highest BCUT2D eigenvalue weighted by molar-refractivity contribution is 5.69. The Bertz CT molecular complexity index is 352. The molecule has 0 spiro atoms. The van der Waals surface area contributed by atoms with Gasteiger partial charge in [-0.05, 0) is 13.0 Å². The quantitative estimate of drug-likeness (QED) is 0.289. The third kappa shape index (κ3) is 2.33. The molecule has 4 N–H and O–H groups in total. The number of benzene rings is 1. The third-order valence-corrected chi connectivity index (χ3v) is 1.61. The molecule has 0 radical (unpaired) electrons. The van der Waals surface area contributed by atoms with Gasteiger partial charge in [-0.15, -0.1) is 0 Å². The predicted molar refractivity (Wildman–Crippen MR) is 52.8 cm³/mol. The first kappa shape index (κ1) is 10.3. The van der Waals surface area contributed by atoms with Gasteiger partial charge in [-0.2, -0.15) is 0 Å². The molecule has 0 heterocycles. The van der Waals surface area contributed by atoms with Crippen molar-refractivity contribution in [3.05, 3.63) is 28.3 Å². The van der Waals surface area contributed by atoms with Gasteiger partial charge in [0, 0.05) is 12.1 Å². The van der Waals surface area contributed by atoms with Crippen LogP contribution in [0.25, 0.3) is 0 Å². The number of aliphatic hydroxyl groups is 1. The third-order valence-electron chi connectivity index (χ3n) is 1.61. The first-order valence-electron chi connectivity index (χ1n) is 3.99. The highest BCUT2D eigenvalue weighted by atomic mass is 16.6. The van der Waals surface area contributed by atoms with E-state index in [1.807, 2.05) is 0 Å². The lowest BCUT2D eigenvalue weighted by Crippen LogP contribution is -2.14. The summed E-state index contributed by atoms with van der Waals surface area (Å²) in [4.78, 5) is 9.84. The molecule has 0 aliphatic heterocycles. The van der Waals surface area contributed by atoms with Gasteiger partial charge in [-0.1, -0.05) is 0 Å². The summed E-state index contributed by atoms with van der Waals surface area (Å²) in [6.07, 6.45) is -0.751. The van der Waals surface area contributed by atoms with Gasteiger partial charge in [0.2, 0.25) is 0 Å². The minimum Gasteiger partial charge on any atom is -0.397 e. The number of nitrogens with one attached hydrogen (secondary N) is 1. The predicted octanol–water partition coefficient (Wildman–Crippen LogP) is 0.927. The van der Waals surface area contributed by atoms with E-state index in [0.29, 0.717) is 5.69 Å². The molecule has 1 aromatic rings. The Labute approximate surface area is 80.5 Å². The fourth-order valence-electron chi connectivity index (χ4n) is 1.02. The van der Waals surface area contributed by atoms with Crippen LogP contribution >= 0.6 is 0 Å². The van der Waals surface area contributed by atoms with E-state index in [4.69, 9.17) is 10.8 Å². The lowest BCUT2D eigenvalue weighted by molar-refractivity contribution is -0.384. The normalized spacial score (nSPS) is 12.1. The van der Waals surface area contributed by atoms with Crippen LogP contribution in [0.2, 0.25) is 0 Å². The number of aliphatic hydroxyl groups excluding tert-OH is 1. The average Bonchev–Trinajstić information content (AvgIpc) is 2.07. The molecular weight excluding hydrogens is 186 g/mol. The number of non-ortho nitro benzene ring substituents is 1. The minimum atomic E-state index is -0.751. The van der Waals surface area contributed by atoms with Crippen LogP contribution in [0.4, 0.5) is 17.1 Å². The van der Waals surface area contributed by atoms with Gasteiger partial charge in [0.25, 0.3) is 5.69 Å². The van der Waals surface area contributed by atoms with Gasteiger partial charge < -0.3 is 16.2 Å². The maximum absolute atomic E-state index is 10.4.